The van der Waals surface area contributed by atoms with Crippen LogP contribution in [0.3, 0.4) is 0 Å². The Labute approximate surface area is 201 Å². The molecule has 2 heterocycles. The van der Waals surface area contributed by atoms with Crippen LogP contribution in [0.15, 0.2) is 41.2 Å². The highest BCUT2D eigenvalue weighted by Crippen LogP contribution is 2.27. The summed E-state index contributed by atoms with van der Waals surface area (Å²) in [5, 5.41) is 3.66. The molecular weight excluding hydrogens is 487 g/mol. The normalized spacial score (nSPS) is 15.8. The van der Waals surface area contributed by atoms with Gasteiger partial charge < -0.3 is 5.32 Å². The van der Waals surface area contributed by atoms with Gasteiger partial charge in [-0.3, -0.25) is 13.9 Å². The number of aromatic nitrogens is 2. The van der Waals surface area contributed by atoms with E-state index in [1.165, 1.54) is 14.9 Å². The number of hydrogen-bond acceptors (Lipinski definition) is 4. The van der Waals surface area contributed by atoms with Gasteiger partial charge in [-0.1, -0.05) is 29.3 Å². The largest absolute Gasteiger partial charge is 0.328 e. The molecule has 0 atom stereocenters. The van der Waals surface area contributed by atoms with Crippen LogP contribution in [0.1, 0.15) is 18.4 Å². The lowest BCUT2D eigenvalue weighted by molar-refractivity contribution is -0.120. The highest BCUT2D eigenvalue weighted by molar-refractivity contribution is 7.88. The van der Waals surface area contributed by atoms with Gasteiger partial charge in [-0.2, -0.15) is 0 Å². The number of anilines is 1. The van der Waals surface area contributed by atoms with Crippen LogP contribution in [-0.4, -0.2) is 40.9 Å². The molecule has 4 rings (SSSR count). The van der Waals surface area contributed by atoms with E-state index in [1.54, 1.807) is 49.0 Å². The van der Waals surface area contributed by atoms with Crippen molar-refractivity contribution in [3.63, 3.8) is 0 Å². The number of carbonyl (C=O) groups is 1. The molecule has 1 amide bonds. The minimum absolute atomic E-state index is 0.137. The minimum Gasteiger partial charge on any atom is -0.326 e. The zero-order valence-electron chi connectivity index (χ0n) is 18.2. The lowest BCUT2D eigenvalue weighted by Gasteiger charge is -2.30. The maximum Gasteiger partial charge on any atom is 0.328 e. The number of halogens is 2. The van der Waals surface area contributed by atoms with Crippen molar-refractivity contribution in [1.29, 1.82) is 0 Å². The van der Waals surface area contributed by atoms with E-state index in [2.05, 4.69) is 5.32 Å². The molecular formula is C22H24Cl2N4O4S. The second kappa shape index (κ2) is 9.13. The van der Waals surface area contributed by atoms with Gasteiger partial charge in [0.2, 0.25) is 15.9 Å². The van der Waals surface area contributed by atoms with Gasteiger partial charge in [-0.25, -0.2) is 17.5 Å². The van der Waals surface area contributed by atoms with Crippen LogP contribution in [0.5, 0.6) is 0 Å². The van der Waals surface area contributed by atoms with Crippen molar-refractivity contribution in [1.82, 2.24) is 13.4 Å². The summed E-state index contributed by atoms with van der Waals surface area (Å²) in [7, 11) is -0.187. The SMILES string of the molecule is Cn1c(=O)n(C)c2cc(NC(=O)C3CCN(S(=O)(=O)Cc4ccc(Cl)cc4Cl)CC3)ccc21. The highest BCUT2D eigenvalue weighted by atomic mass is 35.5. The quantitative estimate of drug-likeness (QED) is 0.569. The van der Waals surface area contributed by atoms with Crippen LogP contribution in [0, 0.1) is 5.92 Å². The number of amides is 1. The maximum absolute atomic E-state index is 12.8. The predicted octanol–water partition coefficient (Wildman–Crippen LogP) is 3.36. The molecule has 1 aromatic heterocycles. The number of rotatable bonds is 5. The zero-order chi connectivity index (χ0) is 23.9. The first kappa shape index (κ1) is 23.8. The summed E-state index contributed by atoms with van der Waals surface area (Å²) < 4.78 is 30.2. The number of benzene rings is 2. The molecule has 3 aromatic rings. The van der Waals surface area contributed by atoms with Gasteiger partial charge in [0.1, 0.15) is 0 Å². The summed E-state index contributed by atoms with van der Waals surface area (Å²) in [5.74, 6) is -0.672. The van der Waals surface area contributed by atoms with Crippen LogP contribution in [0.4, 0.5) is 5.69 Å². The second-order valence-corrected chi connectivity index (χ2v) is 11.1. The summed E-state index contributed by atoms with van der Waals surface area (Å²) in [5.41, 5.74) is 2.46. The molecule has 2 aromatic carbocycles. The third-order valence-corrected chi connectivity index (χ3v) is 8.53. The third-order valence-electron chi connectivity index (χ3n) is 6.11. The van der Waals surface area contributed by atoms with Crippen molar-refractivity contribution in [3.8, 4) is 0 Å². The smallest absolute Gasteiger partial charge is 0.326 e. The first-order valence-corrected chi connectivity index (χ1v) is 12.8. The van der Waals surface area contributed by atoms with E-state index in [9.17, 15) is 18.0 Å². The van der Waals surface area contributed by atoms with Crippen LogP contribution in [-0.2, 0) is 34.7 Å². The van der Waals surface area contributed by atoms with Crippen LogP contribution in [0.25, 0.3) is 11.0 Å². The van der Waals surface area contributed by atoms with E-state index in [0.29, 0.717) is 34.1 Å². The second-order valence-electron chi connectivity index (χ2n) is 8.26. The van der Waals surface area contributed by atoms with Crippen LogP contribution >= 0.6 is 23.2 Å². The number of imidazole rings is 1. The van der Waals surface area contributed by atoms with E-state index in [0.717, 1.165) is 11.0 Å². The highest BCUT2D eigenvalue weighted by Gasteiger charge is 2.31. The van der Waals surface area contributed by atoms with Crippen molar-refractivity contribution < 1.29 is 13.2 Å². The fraction of sp³-hybridized carbons (Fsp3) is 0.364. The van der Waals surface area contributed by atoms with Crippen molar-refractivity contribution in [2.45, 2.75) is 18.6 Å². The summed E-state index contributed by atoms with van der Waals surface area (Å²) >= 11 is 12.0. The monoisotopic (exact) mass is 510 g/mol. The first-order chi connectivity index (χ1) is 15.6. The molecule has 8 nitrogen and oxygen atoms in total. The lowest BCUT2D eigenvalue weighted by Crippen LogP contribution is -2.41. The fourth-order valence-corrected chi connectivity index (χ4v) is 6.30. The Bertz CT molecular complexity index is 1390. The van der Waals surface area contributed by atoms with Crippen molar-refractivity contribution in [2.75, 3.05) is 18.4 Å². The zero-order valence-corrected chi connectivity index (χ0v) is 20.5. The maximum atomic E-state index is 12.8. The Kier molecular flexibility index (Phi) is 6.59. The van der Waals surface area contributed by atoms with E-state index < -0.39 is 10.0 Å². The molecule has 1 fully saturated rings. The number of nitrogens with one attached hydrogen (secondary N) is 1. The number of piperidine rings is 1. The topological polar surface area (TPSA) is 93.4 Å². The van der Waals surface area contributed by atoms with Crippen molar-refractivity contribution in [2.24, 2.45) is 20.0 Å². The minimum atomic E-state index is -3.57. The van der Waals surface area contributed by atoms with E-state index >= 15 is 0 Å². The summed E-state index contributed by atoms with van der Waals surface area (Å²) in [4.78, 5) is 24.9. The van der Waals surface area contributed by atoms with Gasteiger partial charge in [0.05, 0.1) is 16.8 Å². The molecule has 0 radical (unpaired) electrons. The molecule has 0 aliphatic carbocycles. The molecule has 0 bridgehead atoms. The van der Waals surface area contributed by atoms with Gasteiger partial charge in [0.15, 0.2) is 0 Å². The van der Waals surface area contributed by atoms with E-state index in [1.807, 2.05) is 0 Å². The Morgan fingerprint density at radius 2 is 1.70 bits per heavy atom. The third kappa shape index (κ3) is 4.82. The molecule has 1 N–H and O–H groups in total. The first-order valence-electron chi connectivity index (χ1n) is 10.4. The number of aryl methyl sites for hydroxylation is 2. The molecule has 176 valence electrons. The Hall–Kier alpha value is -2.33. The van der Waals surface area contributed by atoms with Crippen LogP contribution < -0.4 is 11.0 Å². The molecule has 33 heavy (non-hydrogen) atoms. The molecule has 0 spiro atoms. The average molecular weight is 511 g/mol. The fourth-order valence-electron chi connectivity index (χ4n) is 4.15. The van der Waals surface area contributed by atoms with Gasteiger partial charge in [-0.05, 0) is 48.7 Å². The summed E-state index contributed by atoms with van der Waals surface area (Å²) in [6, 6.07) is 10.1. The Morgan fingerprint density at radius 3 is 2.36 bits per heavy atom. The average Bonchev–Trinajstić information content (AvgIpc) is 2.99. The van der Waals surface area contributed by atoms with Crippen molar-refractivity contribution in [3.05, 3.63) is 62.5 Å². The molecule has 1 aliphatic heterocycles. The standard InChI is InChI=1S/C22H24Cl2N4O4S/c1-26-19-6-5-17(12-20(19)27(2)22(26)30)25-21(29)14-7-9-28(10-8-14)33(31,32)13-15-3-4-16(23)11-18(15)24/h3-6,11-12,14H,7-10,13H2,1-2H3,(H,25,29). The van der Waals surface area contributed by atoms with Gasteiger partial charge in [0, 0.05) is 48.8 Å². The molecule has 1 saturated heterocycles. The van der Waals surface area contributed by atoms with Gasteiger partial charge in [0.25, 0.3) is 0 Å². The number of fused-ring (bicyclic) bond motifs is 1. The number of carbonyl (C=O) groups excluding carboxylic acids is 1. The molecule has 0 saturated carbocycles. The number of sulfonamides is 1. The van der Waals surface area contributed by atoms with Crippen LogP contribution in [0.2, 0.25) is 10.0 Å². The van der Waals surface area contributed by atoms with E-state index in [-0.39, 0.29) is 36.4 Å². The summed E-state index contributed by atoms with van der Waals surface area (Å²) in [6.07, 6.45) is 0.844. The number of nitrogens with zero attached hydrogens (tertiary/aromatic N) is 3. The molecule has 1 aliphatic rings. The Morgan fingerprint density at radius 1 is 1.03 bits per heavy atom. The van der Waals surface area contributed by atoms with Gasteiger partial charge in [-0.15, -0.1) is 0 Å². The molecule has 0 unspecified atom stereocenters. The van der Waals surface area contributed by atoms with Crippen molar-refractivity contribution >= 4 is 55.9 Å². The molecule has 11 heteroatoms. The van der Waals surface area contributed by atoms with Gasteiger partial charge >= 0.3 is 5.69 Å². The summed E-state index contributed by atoms with van der Waals surface area (Å²) in [6.45, 7) is 0.524. The predicted molar refractivity (Wildman–Crippen MR) is 130 cm³/mol. The number of hydrogen-bond donors (Lipinski definition) is 1. The van der Waals surface area contributed by atoms with E-state index in [4.69, 9.17) is 23.2 Å². The lowest BCUT2D eigenvalue weighted by atomic mass is 9.97. The Balaban J connectivity index is 1.39.